The molecule has 29 heavy (non-hydrogen) atoms. The molecule has 5 heteroatoms. The lowest BCUT2D eigenvalue weighted by Crippen LogP contribution is -2.46. The van der Waals surface area contributed by atoms with Crippen molar-refractivity contribution in [3.8, 4) is 0 Å². The fourth-order valence-electron chi connectivity index (χ4n) is 5.34. The summed E-state index contributed by atoms with van der Waals surface area (Å²) in [6.07, 6.45) is 2.17. The van der Waals surface area contributed by atoms with Crippen LogP contribution in [0.25, 0.3) is 0 Å². The number of Topliss-reactive ketones (excluding diaryl/α,β-unsaturated/α-hetero) is 1. The molecule has 2 saturated carbocycles. The van der Waals surface area contributed by atoms with Crippen LogP contribution in [0, 0.1) is 16.7 Å². The molecular weight excluding hydrogens is 382 g/mol. The van der Waals surface area contributed by atoms with Gasteiger partial charge in [0.2, 0.25) is 10.0 Å². The summed E-state index contributed by atoms with van der Waals surface area (Å²) in [5, 5.41) is 0. The van der Waals surface area contributed by atoms with Crippen LogP contribution in [0.1, 0.15) is 44.2 Å². The van der Waals surface area contributed by atoms with Crippen LogP contribution in [0.3, 0.4) is 0 Å². The number of benzene rings is 2. The predicted octanol–water partition coefficient (Wildman–Crippen LogP) is 4.41. The average molecular weight is 412 g/mol. The molecule has 2 aliphatic carbocycles. The van der Waals surface area contributed by atoms with E-state index in [9.17, 15) is 13.2 Å². The number of fused-ring (bicyclic) bond motifs is 2. The van der Waals surface area contributed by atoms with Gasteiger partial charge in [0, 0.05) is 24.9 Å². The fourth-order valence-corrected chi connectivity index (χ4v) is 7.51. The topological polar surface area (TPSA) is 54.5 Å². The molecule has 2 bridgehead atoms. The van der Waals surface area contributed by atoms with Gasteiger partial charge < -0.3 is 0 Å². The second-order valence-electron chi connectivity index (χ2n) is 9.16. The largest absolute Gasteiger partial charge is 0.299 e. The molecule has 4 rings (SSSR count). The maximum Gasteiger partial charge on any atom is 0.215 e. The number of carbonyl (C=O) groups excluding carboxylic acids is 1. The fraction of sp³-hybridized carbons (Fsp3) is 0.458. The summed E-state index contributed by atoms with van der Waals surface area (Å²) in [4.78, 5) is 12.9. The maximum absolute atomic E-state index is 13.7. The van der Waals surface area contributed by atoms with Crippen LogP contribution in [0.4, 0.5) is 0 Å². The number of hydrogen-bond acceptors (Lipinski definition) is 3. The summed E-state index contributed by atoms with van der Waals surface area (Å²) >= 11 is 0. The number of ketones is 1. The van der Waals surface area contributed by atoms with Crippen molar-refractivity contribution in [2.45, 2.75) is 46.2 Å². The standard InChI is InChI=1S/C24H29NO3S/c1-23(2)21-13-14-24(23,22(26)15-21)18-29(27,28)25(16-19-9-5-3-6-10-19)17-20-11-7-4-8-12-20/h3-12,21H,13-18H2,1-2H3. The summed E-state index contributed by atoms with van der Waals surface area (Å²) < 4.78 is 28.9. The Hall–Kier alpha value is -1.98. The third kappa shape index (κ3) is 3.55. The third-order valence-corrected chi connectivity index (χ3v) is 9.27. The third-order valence-electron chi connectivity index (χ3n) is 7.36. The Morgan fingerprint density at radius 2 is 1.45 bits per heavy atom. The van der Waals surface area contributed by atoms with Crippen LogP contribution in [0.2, 0.25) is 0 Å². The molecule has 0 radical (unpaired) electrons. The van der Waals surface area contributed by atoms with E-state index in [2.05, 4.69) is 13.8 Å². The number of nitrogens with zero attached hydrogens (tertiary/aromatic N) is 1. The summed E-state index contributed by atoms with van der Waals surface area (Å²) in [7, 11) is -3.64. The van der Waals surface area contributed by atoms with E-state index in [1.807, 2.05) is 60.7 Å². The number of sulfonamides is 1. The zero-order valence-corrected chi connectivity index (χ0v) is 18.0. The van der Waals surface area contributed by atoms with Crippen LogP contribution >= 0.6 is 0 Å². The van der Waals surface area contributed by atoms with Gasteiger partial charge in [0.15, 0.2) is 0 Å². The molecule has 0 amide bonds. The van der Waals surface area contributed by atoms with E-state index in [1.165, 1.54) is 0 Å². The Kier molecular flexibility index (Phi) is 5.16. The van der Waals surface area contributed by atoms with E-state index in [0.29, 0.717) is 31.8 Å². The minimum absolute atomic E-state index is 0.0813. The van der Waals surface area contributed by atoms with Crippen molar-refractivity contribution in [3.05, 3.63) is 71.8 Å². The summed E-state index contributed by atoms with van der Waals surface area (Å²) in [5.41, 5.74) is 0.890. The van der Waals surface area contributed by atoms with Crippen molar-refractivity contribution in [1.29, 1.82) is 0 Å². The van der Waals surface area contributed by atoms with Gasteiger partial charge >= 0.3 is 0 Å². The molecule has 2 atom stereocenters. The van der Waals surface area contributed by atoms with Gasteiger partial charge in [0.05, 0.1) is 5.75 Å². The molecule has 0 heterocycles. The molecule has 0 aromatic heterocycles. The Bertz CT molecular complexity index is 944. The van der Waals surface area contributed by atoms with Crippen LogP contribution in [-0.2, 0) is 27.9 Å². The van der Waals surface area contributed by atoms with Gasteiger partial charge in [-0.15, -0.1) is 0 Å². The van der Waals surface area contributed by atoms with Crippen molar-refractivity contribution in [3.63, 3.8) is 0 Å². The normalized spacial score (nSPS) is 25.6. The van der Waals surface area contributed by atoms with Gasteiger partial charge in [-0.25, -0.2) is 8.42 Å². The van der Waals surface area contributed by atoms with Crippen molar-refractivity contribution in [2.24, 2.45) is 16.7 Å². The highest BCUT2D eigenvalue weighted by Gasteiger charge is 2.65. The molecule has 2 aromatic carbocycles. The van der Waals surface area contributed by atoms with Crippen molar-refractivity contribution < 1.29 is 13.2 Å². The Morgan fingerprint density at radius 3 is 1.86 bits per heavy atom. The van der Waals surface area contributed by atoms with Crippen molar-refractivity contribution >= 4 is 15.8 Å². The highest BCUT2D eigenvalue weighted by Crippen LogP contribution is 2.64. The van der Waals surface area contributed by atoms with Crippen LogP contribution < -0.4 is 0 Å². The van der Waals surface area contributed by atoms with Gasteiger partial charge in [-0.3, -0.25) is 4.79 Å². The smallest absolute Gasteiger partial charge is 0.215 e. The first kappa shape index (κ1) is 20.3. The molecule has 2 fully saturated rings. The molecule has 2 unspecified atom stereocenters. The summed E-state index contributed by atoms with van der Waals surface area (Å²) in [5.74, 6) is 0.366. The second-order valence-corrected chi connectivity index (χ2v) is 11.1. The van der Waals surface area contributed by atoms with Crippen LogP contribution in [-0.4, -0.2) is 24.3 Å². The van der Waals surface area contributed by atoms with Crippen LogP contribution in [0.5, 0.6) is 0 Å². The number of rotatable bonds is 7. The zero-order valence-electron chi connectivity index (χ0n) is 17.2. The molecule has 2 aliphatic rings. The minimum atomic E-state index is -3.64. The lowest BCUT2D eigenvalue weighted by atomic mass is 9.70. The van der Waals surface area contributed by atoms with E-state index in [-0.39, 0.29) is 17.0 Å². The summed E-state index contributed by atoms with van der Waals surface area (Å²) in [6.45, 7) is 4.80. The summed E-state index contributed by atoms with van der Waals surface area (Å²) in [6, 6.07) is 19.3. The molecule has 0 saturated heterocycles. The molecule has 4 nitrogen and oxygen atoms in total. The first-order chi connectivity index (χ1) is 13.7. The first-order valence-corrected chi connectivity index (χ1v) is 11.9. The maximum atomic E-state index is 13.7. The molecule has 2 aromatic rings. The molecule has 0 aliphatic heterocycles. The van der Waals surface area contributed by atoms with Gasteiger partial charge in [-0.05, 0) is 35.3 Å². The van der Waals surface area contributed by atoms with Gasteiger partial charge in [-0.1, -0.05) is 74.5 Å². The lowest BCUT2D eigenvalue weighted by molar-refractivity contribution is -0.128. The molecular formula is C24H29NO3S. The lowest BCUT2D eigenvalue weighted by Gasteiger charge is -2.37. The monoisotopic (exact) mass is 411 g/mol. The highest BCUT2D eigenvalue weighted by atomic mass is 32.2. The zero-order chi connectivity index (χ0) is 20.7. The quantitative estimate of drug-likeness (QED) is 0.678. The predicted molar refractivity (Wildman–Crippen MR) is 114 cm³/mol. The van der Waals surface area contributed by atoms with E-state index < -0.39 is 15.4 Å². The molecule has 0 spiro atoms. The van der Waals surface area contributed by atoms with E-state index in [4.69, 9.17) is 0 Å². The molecule has 154 valence electrons. The van der Waals surface area contributed by atoms with E-state index >= 15 is 0 Å². The SMILES string of the molecule is CC1(C)C2CCC1(CS(=O)(=O)N(Cc1ccccc1)Cc1ccccc1)C(=O)C2. The Balaban J connectivity index is 1.66. The van der Waals surface area contributed by atoms with Crippen molar-refractivity contribution in [2.75, 3.05) is 5.75 Å². The Labute approximate surface area is 174 Å². The average Bonchev–Trinajstić information content (AvgIpc) is 3.03. The van der Waals surface area contributed by atoms with Gasteiger partial charge in [-0.2, -0.15) is 4.31 Å². The number of hydrogen-bond donors (Lipinski definition) is 0. The molecule has 0 N–H and O–H groups in total. The van der Waals surface area contributed by atoms with Gasteiger partial charge in [0.25, 0.3) is 0 Å². The number of carbonyl (C=O) groups is 1. The van der Waals surface area contributed by atoms with Crippen LogP contribution in [0.15, 0.2) is 60.7 Å². The Morgan fingerprint density at radius 1 is 0.931 bits per heavy atom. The van der Waals surface area contributed by atoms with E-state index in [1.54, 1.807) is 4.31 Å². The second kappa shape index (κ2) is 7.37. The first-order valence-electron chi connectivity index (χ1n) is 10.3. The highest BCUT2D eigenvalue weighted by molar-refractivity contribution is 7.89. The van der Waals surface area contributed by atoms with Crippen molar-refractivity contribution in [1.82, 2.24) is 4.31 Å². The van der Waals surface area contributed by atoms with Gasteiger partial charge in [0.1, 0.15) is 5.78 Å². The minimum Gasteiger partial charge on any atom is -0.299 e. The van der Waals surface area contributed by atoms with E-state index in [0.717, 1.165) is 17.5 Å².